The molecule has 0 aliphatic rings. The van der Waals surface area contributed by atoms with E-state index in [1.807, 2.05) is 0 Å². The molecule has 0 saturated heterocycles. The first kappa shape index (κ1) is 39.3. The van der Waals surface area contributed by atoms with Crippen LogP contribution in [0, 0.1) is 0 Å². The Morgan fingerprint density at radius 3 is 0.950 bits per heavy atom. The van der Waals surface area contributed by atoms with Gasteiger partial charge < -0.3 is 48.0 Å². The van der Waals surface area contributed by atoms with Crippen molar-refractivity contribution in [1.82, 2.24) is 0 Å². The van der Waals surface area contributed by atoms with Crippen molar-refractivity contribution >= 4 is 15.6 Å². The minimum atomic E-state index is -4.84. The van der Waals surface area contributed by atoms with Gasteiger partial charge in [0, 0.05) is 0 Å². The summed E-state index contributed by atoms with van der Waals surface area (Å²) in [7, 11) is -9.68. The minimum absolute atomic E-state index is 0. The number of phosphoric ester groups is 2. The van der Waals surface area contributed by atoms with Gasteiger partial charge in [-0.1, -0.05) is 0 Å². The minimum Gasteiger partial charge on any atom is -0.790 e. The second kappa shape index (κ2) is 23.1. The van der Waals surface area contributed by atoms with Crippen LogP contribution in [-0.2, 0) is 18.2 Å². The molecule has 0 fully saturated rings. The van der Waals surface area contributed by atoms with E-state index in [1.54, 1.807) is 0 Å². The fraction of sp³-hybridized carbons (Fsp3) is 1.00. The summed E-state index contributed by atoms with van der Waals surface area (Å²) in [5.74, 6) is 0. The first-order valence-corrected chi connectivity index (χ1v) is 6.59. The Bertz CT molecular complexity index is 230. The SMILES string of the molecule is O=P([O-])([O-])OCCO.O=P([O-])([O-])OCCO.[Na+].[Na+].[Na+].[Na+]. The van der Waals surface area contributed by atoms with Crippen LogP contribution in [0.4, 0.5) is 0 Å². The van der Waals surface area contributed by atoms with Crippen molar-refractivity contribution in [3.05, 3.63) is 0 Å². The number of phosphoric acid groups is 2. The molecule has 100 valence electrons. The molecule has 20 heavy (non-hydrogen) atoms. The molecule has 0 aromatic carbocycles. The molecule has 0 rings (SSSR count). The zero-order valence-electron chi connectivity index (χ0n) is 11.9. The first-order valence-electron chi connectivity index (χ1n) is 3.67. The summed E-state index contributed by atoms with van der Waals surface area (Å²) in [5, 5.41) is 15.8. The Hall–Kier alpha value is 4.14. The quantitative estimate of drug-likeness (QED) is 0.335. The van der Waals surface area contributed by atoms with Gasteiger partial charge in [0.2, 0.25) is 0 Å². The fourth-order valence-electron chi connectivity index (χ4n) is 0.305. The van der Waals surface area contributed by atoms with Crippen molar-refractivity contribution < 1.29 is 166 Å². The molecular formula is C4H10Na4O10P2. The molecule has 0 saturated carbocycles. The third-order valence-corrected chi connectivity index (χ3v) is 1.68. The molecule has 2 N–H and O–H groups in total. The summed E-state index contributed by atoms with van der Waals surface area (Å²) in [6.45, 7) is -1.84. The zero-order chi connectivity index (χ0) is 13.2. The van der Waals surface area contributed by atoms with Gasteiger partial charge in [-0.05, 0) is 0 Å². The zero-order valence-corrected chi connectivity index (χ0v) is 21.7. The van der Waals surface area contributed by atoms with E-state index in [-0.39, 0.29) is 118 Å². The molecule has 0 aromatic rings. The molecule has 0 aliphatic heterocycles. The van der Waals surface area contributed by atoms with Crippen LogP contribution >= 0.6 is 15.6 Å². The van der Waals surface area contributed by atoms with Gasteiger partial charge in [-0.2, -0.15) is 0 Å². The van der Waals surface area contributed by atoms with Gasteiger partial charge in [-0.25, -0.2) is 0 Å². The maximum Gasteiger partial charge on any atom is 1.00 e. The van der Waals surface area contributed by atoms with E-state index in [2.05, 4.69) is 9.05 Å². The summed E-state index contributed by atoms with van der Waals surface area (Å²) in [6.07, 6.45) is 0. The smallest absolute Gasteiger partial charge is 0.790 e. The van der Waals surface area contributed by atoms with Crippen LogP contribution in [0.2, 0.25) is 0 Å². The van der Waals surface area contributed by atoms with Gasteiger partial charge in [0.15, 0.2) is 0 Å². The standard InChI is InChI=1S/2C2H7O5P.4Na/c2*3-1-2-7-8(4,5)6;;;;/h2*3H,1-2H2,(H2,4,5,6);;;;/q;;4*+1/p-4. The topological polar surface area (TPSA) is 185 Å². The maximum atomic E-state index is 9.53. The average Bonchev–Trinajstić information content (AvgIpc) is 2.10. The summed E-state index contributed by atoms with van der Waals surface area (Å²) in [6, 6.07) is 0. The molecule has 0 radical (unpaired) electrons. The van der Waals surface area contributed by atoms with Crippen molar-refractivity contribution in [2.45, 2.75) is 0 Å². The number of hydrogen-bond acceptors (Lipinski definition) is 10. The van der Waals surface area contributed by atoms with Crippen LogP contribution in [-0.4, -0.2) is 36.6 Å². The van der Waals surface area contributed by atoms with Crippen molar-refractivity contribution in [2.75, 3.05) is 26.4 Å². The molecule has 0 aromatic heterocycles. The maximum absolute atomic E-state index is 9.53. The Morgan fingerprint density at radius 1 is 0.700 bits per heavy atom. The van der Waals surface area contributed by atoms with Crippen molar-refractivity contribution in [3.63, 3.8) is 0 Å². The molecule has 0 heterocycles. The van der Waals surface area contributed by atoms with Gasteiger partial charge in [0.05, 0.1) is 42.1 Å². The van der Waals surface area contributed by atoms with Crippen LogP contribution in [0.5, 0.6) is 0 Å². The van der Waals surface area contributed by atoms with E-state index in [0.29, 0.717) is 0 Å². The number of hydrogen-bond donors (Lipinski definition) is 2. The van der Waals surface area contributed by atoms with E-state index in [4.69, 9.17) is 10.2 Å². The van der Waals surface area contributed by atoms with E-state index < -0.39 is 42.1 Å². The van der Waals surface area contributed by atoms with Gasteiger partial charge >= 0.3 is 118 Å². The Balaban J connectivity index is -0.0000000408. The molecule has 0 aliphatic carbocycles. The molecule has 0 amide bonds. The average molecular weight is 372 g/mol. The van der Waals surface area contributed by atoms with E-state index in [0.717, 1.165) is 0 Å². The largest absolute Gasteiger partial charge is 1.00 e. The molecule has 0 unspecified atom stereocenters. The third kappa shape index (κ3) is 49.5. The van der Waals surface area contributed by atoms with E-state index >= 15 is 0 Å². The van der Waals surface area contributed by atoms with Crippen LogP contribution in [0.1, 0.15) is 0 Å². The van der Waals surface area contributed by atoms with Crippen LogP contribution in [0.15, 0.2) is 0 Å². The molecule has 0 atom stereocenters. The fourth-order valence-corrected chi connectivity index (χ4v) is 0.916. The monoisotopic (exact) mass is 372 g/mol. The molecule has 16 heteroatoms. The van der Waals surface area contributed by atoms with Crippen molar-refractivity contribution in [2.24, 2.45) is 0 Å². The van der Waals surface area contributed by atoms with Crippen molar-refractivity contribution in [3.8, 4) is 0 Å². The Morgan fingerprint density at radius 2 is 0.900 bits per heavy atom. The summed E-state index contributed by atoms with van der Waals surface area (Å²) < 4.78 is 26.2. The molecule has 0 bridgehead atoms. The third-order valence-electron chi connectivity index (χ3n) is 0.681. The van der Waals surface area contributed by atoms with E-state index in [9.17, 15) is 28.7 Å². The predicted molar refractivity (Wildman–Crippen MR) is 41.3 cm³/mol. The van der Waals surface area contributed by atoms with Crippen molar-refractivity contribution in [1.29, 1.82) is 0 Å². The molecule has 10 nitrogen and oxygen atoms in total. The van der Waals surface area contributed by atoms with Crippen LogP contribution < -0.4 is 138 Å². The van der Waals surface area contributed by atoms with Gasteiger partial charge in [0.25, 0.3) is 0 Å². The first-order chi connectivity index (χ1) is 7.12. The number of aliphatic hydroxyl groups excluding tert-OH is 2. The second-order valence-corrected chi connectivity index (χ2v) is 4.31. The summed E-state index contributed by atoms with van der Waals surface area (Å²) >= 11 is 0. The molecule has 0 spiro atoms. The molecular weight excluding hydrogens is 362 g/mol. The van der Waals surface area contributed by atoms with Gasteiger partial charge in [0.1, 0.15) is 0 Å². The van der Waals surface area contributed by atoms with E-state index in [1.165, 1.54) is 0 Å². The second-order valence-electron chi connectivity index (χ2n) is 2.01. The van der Waals surface area contributed by atoms with Crippen LogP contribution in [0.25, 0.3) is 0 Å². The van der Waals surface area contributed by atoms with Gasteiger partial charge in [-0.15, -0.1) is 0 Å². The Kier molecular flexibility index (Phi) is 45.4. The van der Waals surface area contributed by atoms with Crippen LogP contribution in [0.3, 0.4) is 0 Å². The number of aliphatic hydroxyl groups is 2. The summed E-state index contributed by atoms with van der Waals surface area (Å²) in [4.78, 5) is 38.1. The number of rotatable bonds is 6. The Labute approximate surface area is 205 Å². The summed E-state index contributed by atoms with van der Waals surface area (Å²) in [5.41, 5.74) is 0. The normalized spacial score (nSPS) is 9.50. The van der Waals surface area contributed by atoms with Gasteiger partial charge in [-0.3, -0.25) is 0 Å². The predicted octanol–water partition coefficient (Wildman–Crippen LogP) is -16.3.